The molecule has 0 fully saturated rings. The molecule has 4 heteroatoms. The molecule has 0 atom stereocenters. The number of benzene rings is 1. The van der Waals surface area contributed by atoms with Gasteiger partial charge in [-0.1, -0.05) is 34.1 Å². The van der Waals surface area contributed by atoms with E-state index < -0.39 is 0 Å². The Morgan fingerprint density at radius 3 is 2.38 bits per heavy atom. The van der Waals surface area contributed by atoms with Crippen molar-refractivity contribution in [1.29, 1.82) is 0 Å². The smallest absolute Gasteiger partial charge is 0.195 e. The van der Waals surface area contributed by atoms with Gasteiger partial charge in [0.25, 0.3) is 0 Å². The number of nitrogens with zero attached hydrogens (tertiary/aromatic N) is 3. The van der Waals surface area contributed by atoms with E-state index in [-0.39, 0.29) is 0 Å². The molecule has 0 aliphatic heterocycles. The Kier molecular flexibility index (Phi) is 4.80. The van der Waals surface area contributed by atoms with Crippen LogP contribution in [0.15, 0.2) is 33.7 Å². The Hall–Kier alpha value is -1.03. The van der Waals surface area contributed by atoms with Crippen LogP contribution in [0.1, 0.15) is 5.56 Å². The minimum atomic E-state index is 0.840. The molecule has 0 amide bonds. The maximum absolute atomic E-state index is 4.27. The van der Waals surface area contributed by atoms with Crippen molar-refractivity contribution in [3.63, 3.8) is 0 Å². The lowest BCUT2D eigenvalue weighted by molar-refractivity contribution is 0.418. The molecule has 0 aromatic heterocycles. The monoisotopic (exact) mass is 283 g/mol. The van der Waals surface area contributed by atoms with Gasteiger partial charge in [0.05, 0.1) is 0 Å². The molecule has 0 aliphatic carbocycles. The fourth-order valence-corrected chi connectivity index (χ4v) is 2.08. The van der Waals surface area contributed by atoms with Gasteiger partial charge in [0.2, 0.25) is 0 Å². The van der Waals surface area contributed by atoms with E-state index in [1.165, 1.54) is 5.56 Å². The van der Waals surface area contributed by atoms with Gasteiger partial charge >= 0.3 is 0 Å². The highest BCUT2D eigenvalue weighted by Crippen LogP contribution is 2.17. The number of hydrogen-bond acceptors (Lipinski definition) is 1. The number of hydrogen-bond donors (Lipinski definition) is 0. The second-order valence-corrected chi connectivity index (χ2v) is 4.72. The predicted octanol–water partition coefficient (Wildman–Crippen LogP) is 2.43. The Morgan fingerprint density at radius 1 is 1.25 bits per heavy atom. The first-order valence-corrected chi connectivity index (χ1v) is 5.94. The predicted molar refractivity (Wildman–Crippen MR) is 72.7 cm³/mol. The molecule has 0 heterocycles. The molecule has 0 radical (unpaired) electrons. The third kappa shape index (κ3) is 3.23. The Labute approximate surface area is 106 Å². The maximum atomic E-state index is 4.27. The summed E-state index contributed by atoms with van der Waals surface area (Å²) in [6.07, 6.45) is 0. The standard InChI is InChI=1S/C12H18BrN3/c1-14-12(15(2)3)16(4)9-10-7-5-6-8-11(10)13/h5-8H,9H2,1-4H3. The fourth-order valence-electron chi connectivity index (χ4n) is 1.66. The number of guanidine groups is 1. The molecule has 0 unspecified atom stereocenters. The topological polar surface area (TPSA) is 18.8 Å². The second-order valence-electron chi connectivity index (χ2n) is 3.87. The first-order valence-electron chi connectivity index (χ1n) is 5.15. The summed E-state index contributed by atoms with van der Waals surface area (Å²) in [5.41, 5.74) is 1.26. The molecule has 3 nitrogen and oxygen atoms in total. The van der Waals surface area contributed by atoms with Gasteiger partial charge in [-0.2, -0.15) is 0 Å². The van der Waals surface area contributed by atoms with Crippen LogP contribution in [-0.2, 0) is 6.54 Å². The van der Waals surface area contributed by atoms with E-state index in [9.17, 15) is 0 Å². The Morgan fingerprint density at radius 2 is 1.88 bits per heavy atom. The summed E-state index contributed by atoms with van der Waals surface area (Å²) < 4.78 is 1.14. The second kappa shape index (κ2) is 5.89. The van der Waals surface area contributed by atoms with Crippen LogP contribution in [0.2, 0.25) is 0 Å². The normalized spacial score (nSPS) is 11.4. The summed E-state index contributed by atoms with van der Waals surface area (Å²) in [4.78, 5) is 8.40. The summed E-state index contributed by atoms with van der Waals surface area (Å²) >= 11 is 3.55. The minimum Gasteiger partial charge on any atom is -0.349 e. The lowest BCUT2D eigenvalue weighted by Gasteiger charge is -2.26. The van der Waals surface area contributed by atoms with Gasteiger partial charge in [0.1, 0.15) is 0 Å². The lowest BCUT2D eigenvalue weighted by atomic mass is 10.2. The number of halogens is 1. The first-order chi connectivity index (χ1) is 7.56. The van der Waals surface area contributed by atoms with Crippen molar-refractivity contribution in [2.45, 2.75) is 6.54 Å². The van der Waals surface area contributed by atoms with E-state index in [1.54, 1.807) is 0 Å². The molecule has 88 valence electrons. The quantitative estimate of drug-likeness (QED) is 0.613. The van der Waals surface area contributed by atoms with Crippen molar-refractivity contribution >= 4 is 21.9 Å². The van der Waals surface area contributed by atoms with Crippen LogP contribution < -0.4 is 0 Å². The summed E-state index contributed by atoms with van der Waals surface area (Å²) in [5.74, 6) is 0.968. The van der Waals surface area contributed by atoms with Gasteiger partial charge in [0, 0.05) is 39.2 Å². The first kappa shape index (κ1) is 13.0. The summed E-state index contributed by atoms with van der Waals surface area (Å²) in [6.45, 7) is 0.840. The van der Waals surface area contributed by atoms with E-state index in [1.807, 2.05) is 45.2 Å². The minimum absolute atomic E-state index is 0.840. The van der Waals surface area contributed by atoms with Crippen molar-refractivity contribution in [1.82, 2.24) is 9.80 Å². The van der Waals surface area contributed by atoms with Crippen LogP contribution in [0.3, 0.4) is 0 Å². The number of rotatable bonds is 2. The molecule has 0 spiro atoms. The molecular formula is C12H18BrN3. The average Bonchev–Trinajstić information content (AvgIpc) is 2.22. The van der Waals surface area contributed by atoms with Gasteiger partial charge in [-0.15, -0.1) is 0 Å². The number of aliphatic imine (C=N–C) groups is 1. The maximum Gasteiger partial charge on any atom is 0.195 e. The molecule has 0 saturated heterocycles. The van der Waals surface area contributed by atoms with Crippen molar-refractivity contribution in [3.05, 3.63) is 34.3 Å². The van der Waals surface area contributed by atoms with E-state index in [0.717, 1.165) is 17.0 Å². The zero-order valence-electron chi connectivity index (χ0n) is 10.2. The molecule has 1 aromatic carbocycles. The van der Waals surface area contributed by atoms with Gasteiger partial charge in [-0.05, 0) is 11.6 Å². The SMILES string of the molecule is CN=C(N(C)C)N(C)Cc1ccccc1Br. The molecule has 1 rings (SSSR count). The molecule has 1 aromatic rings. The van der Waals surface area contributed by atoms with E-state index in [2.05, 4.69) is 38.0 Å². The van der Waals surface area contributed by atoms with Gasteiger partial charge in [-0.25, -0.2) is 0 Å². The molecule has 0 N–H and O–H groups in total. The van der Waals surface area contributed by atoms with Gasteiger partial charge in [0.15, 0.2) is 5.96 Å². The van der Waals surface area contributed by atoms with Gasteiger partial charge < -0.3 is 9.80 Å². The van der Waals surface area contributed by atoms with Crippen LogP contribution in [-0.4, -0.2) is 44.0 Å². The average molecular weight is 284 g/mol. The van der Waals surface area contributed by atoms with Crippen LogP contribution in [0, 0.1) is 0 Å². The van der Waals surface area contributed by atoms with E-state index in [4.69, 9.17) is 0 Å². The Balaban J connectivity index is 2.79. The third-order valence-electron chi connectivity index (χ3n) is 2.31. The van der Waals surface area contributed by atoms with E-state index >= 15 is 0 Å². The highest BCUT2D eigenvalue weighted by Gasteiger charge is 2.09. The van der Waals surface area contributed by atoms with Crippen LogP contribution in [0.4, 0.5) is 0 Å². The van der Waals surface area contributed by atoms with Crippen molar-refractivity contribution in [2.75, 3.05) is 28.2 Å². The Bertz CT molecular complexity index is 374. The van der Waals surface area contributed by atoms with E-state index in [0.29, 0.717) is 0 Å². The molecule has 0 aliphatic rings. The van der Waals surface area contributed by atoms with Crippen LogP contribution in [0.25, 0.3) is 0 Å². The fraction of sp³-hybridized carbons (Fsp3) is 0.417. The highest BCUT2D eigenvalue weighted by atomic mass is 79.9. The zero-order valence-corrected chi connectivity index (χ0v) is 11.8. The molecule has 0 bridgehead atoms. The zero-order chi connectivity index (χ0) is 12.1. The third-order valence-corrected chi connectivity index (χ3v) is 3.08. The molecular weight excluding hydrogens is 266 g/mol. The molecule has 0 saturated carbocycles. The van der Waals surface area contributed by atoms with Crippen molar-refractivity contribution in [2.24, 2.45) is 4.99 Å². The van der Waals surface area contributed by atoms with Crippen LogP contribution >= 0.6 is 15.9 Å². The highest BCUT2D eigenvalue weighted by molar-refractivity contribution is 9.10. The summed E-state index contributed by atoms with van der Waals surface area (Å²) in [6, 6.07) is 8.24. The van der Waals surface area contributed by atoms with Crippen molar-refractivity contribution < 1.29 is 0 Å². The van der Waals surface area contributed by atoms with Gasteiger partial charge in [-0.3, -0.25) is 4.99 Å². The largest absolute Gasteiger partial charge is 0.349 e. The lowest BCUT2D eigenvalue weighted by Crippen LogP contribution is -2.37. The summed E-state index contributed by atoms with van der Waals surface area (Å²) in [7, 11) is 7.85. The molecule has 16 heavy (non-hydrogen) atoms. The summed E-state index contributed by atoms with van der Waals surface area (Å²) in [5, 5.41) is 0. The van der Waals surface area contributed by atoms with Crippen molar-refractivity contribution in [3.8, 4) is 0 Å². The van der Waals surface area contributed by atoms with Crippen LogP contribution in [0.5, 0.6) is 0 Å².